The van der Waals surface area contributed by atoms with Crippen LogP contribution in [0.5, 0.6) is 0 Å². The van der Waals surface area contributed by atoms with Crippen LogP contribution in [0.1, 0.15) is 18.3 Å². The maximum atomic E-state index is 12.7. The molecule has 2 aromatic heterocycles. The molecule has 3 aromatic rings. The first kappa shape index (κ1) is 17.5. The summed E-state index contributed by atoms with van der Waals surface area (Å²) >= 11 is 6.02. The lowest BCUT2D eigenvalue weighted by Gasteiger charge is -2.20. The molecule has 0 saturated heterocycles. The van der Waals surface area contributed by atoms with E-state index in [1.807, 2.05) is 31.2 Å². The van der Waals surface area contributed by atoms with Gasteiger partial charge in [-0.15, -0.1) is 0 Å². The van der Waals surface area contributed by atoms with Gasteiger partial charge >= 0.3 is 6.18 Å². The van der Waals surface area contributed by atoms with Gasteiger partial charge in [0.05, 0.1) is 28.2 Å². The Kier molecular flexibility index (Phi) is 4.60. The summed E-state index contributed by atoms with van der Waals surface area (Å²) in [5.41, 5.74) is 1.02. The van der Waals surface area contributed by atoms with Crippen molar-refractivity contribution >= 4 is 28.5 Å². The SMILES string of the molecule is CCn1c(CN(C)c2ncc(C(F)(F)F)cc2Cl)nc2ccccc21. The predicted octanol–water partition coefficient (Wildman–Crippen LogP) is 4.76. The minimum atomic E-state index is -4.47. The van der Waals surface area contributed by atoms with Crippen LogP contribution in [0, 0.1) is 0 Å². The number of aromatic nitrogens is 3. The van der Waals surface area contributed by atoms with Crippen LogP contribution in [0.4, 0.5) is 19.0 Å². The zero-order valence-electron chi connectivity index (χ0n) is 13.7. The minimum Gasteiger partial charge on any atom is -0.351 e. The second-order valence-corrected chi connectivity index (χ2v) is 6.05. The van der Waals surface area contributed by atoms with Crippen LogP contribution in [-0.2, 0) is 19.3 Å². The Morgan fingerprint density at radius 1 is 1.24 bits per heavy atom. The minimum absolute atomic E-state index is 0.0449. The number of hydrogen-bond acceptors (Lipinski definition) is 3. The molecule has 132 valence electrons. The summed E-state index contributed by atoms with van der Waals surface area (Å²) in [4.78, 5) is 10.2. The van der Waals surface area contributed by atoms with Gasteiger partial charge in [-0.2, -0.15) is 13.2 Å². The summed E-state index contributed by atoms with van der Waals surface area (Å²) in [5, 5.41) is -0.0449. The van der Waals surface area contributed by atoms with Gasteiger partial charge in [0, 0.05) is 19.8 Å². The molecular formula is C17H16ClF3N4. The molecule has 0 unspecified atom stereocenters. The van der Waals surface area contributed by atoms with Crippen molar-refractivity contribution in [3.63, 3.8) is 0 Å². The van der Waals surface area contributed by atoms with Crippen molar-refractivity contribution in [2.45, 2.75) is 26.2 Å². The molecule has 25 heavy (non-hydrogen) atoms. The fraction of sp³-hybridized carbons (Fsp3) is 0.294. The molecular weight excluding hydrogens is 353 g/mol. The smallest absolute Gasteiger partial charge is 0.351 e. The van der Waals surface area contributed by atoms with Gasteiger partial charge < -0.3 is 9.47 Å². The average Bonchev–Trinajstić information content (AvgIpc) is 2.90. The number of aryl methyl sites for hydroxylation is 1. The molecule has 0 aliphatic heterocycles. The predicted molar refractivity (Wildman–Crippen MR) is 91.8 cm³/mol. The maximum Gasteiger partial charge on any atom is 0.417 e. The van der Waals surface area contributed by atoms with Gasteiger partial charge in [-0.3, -0.25) is 0 Å². The van der Waals surface area contributed by atoms with E-state index in [-0.39, 0.29) is 10.8 Å². The number of halogens is 4. The Labute approximate surface area is 147 Å². The molecule has 0 aliphatic carbocycles. The average molecular weight is 369 g/mol. The Morgan fingerprint density at radius 3 is 2.60 bits per heavy atom. The number of para-hydroxylation sites is 2. The normalized spacial score (nSPS) is 11.9. The number of rotatable bonds is 4. The zero-order valence-corrected chi connectivity index (χ0v) is 14.4. The Bertz CT molecular complexity index is 905. The Morgan fingerprint density at radius 2 is 1.96 bits per heavy atom. The number of imidazole rings is 1. The van der Waals surface area contributed by atoms with Crippen molar-refractivity contribution < 1.29 is 13.2 Å². The quantitative estimate of drug-likeness (QED) is 0.665. The molecule has 3 rings (SSSR count). The van der Waals surface area contributed by atoms with Gasteiger partial charge in [0.1, 0.15) is 11.6 Å². The zero-order chi connectivity index (χ0) is 18.2. The van der Waals surface area contributed by atoms with E-state index in [0.29, 0.717) is 6.54 Å². The molecule has 0 bridgehead atoms. The lowest BCUT2D eigenvalue weighted by atomic mass is 10.2. The summed E-state index contributed by atoms with van der Waals surface area (Å²) in [5.74, 6) is 1.08. The molecule has 0 N–H and O–H groups in total. The van der Waals surface area contributed by atoms with E-state index in [1.165, 1.54) is 0 Å². The van der Waals surface area contributed by atoms with E-state index < -0.39 is 11.7 Å². The van der Waals surface area contributed by atoms with E-state index in [0.717, 1.165) is 35.7 Å². The van der Waals surface area contributed by atoms with Crippen molar-refractivity contribution in [1.29, 1.82) is 0 Å². The highest BCUT2D eigenvalue weighted by Gasteiger charge is 2.32. The highest BCUT2D eigenvalue weighted by molar-refractivity contribution is 6.33. The Balaban J connectivity index is 1.91. The second kappa shape index (κ2) is 6.55. The summed E-state index contributed by atoms with van der Waals surface area (Å²) in [6.45, 7) is 3.12. The first-order valence-corrected chi connectivity index (χ1v) is 8.07. The van der Waals surface area contributed by atoms with Crippen LogP contribution < -0.4 is 4.90 Å². The van der Waals surface area contributed by atoms with Gasteiger partial charge in [-0.25, -0.2) is 9.97 Å². The largest absolute Gasteiger partial charge is 0.417 e. The molecule has 0 saturated carbocycles. The molecule has 0 radical (unpaired) electrons. The lowest BCUT2D eigenvalue weighted by Crippen LogP contribution is -2.21. The third-order valence-electron chi connectivity index (χ3n) is 3.94. The van der Waals surface area contributed by atoms with Gasteiger partial charge in [0.15, 0.2) is 0 Å². The van der Waals surface area contributed by atoms with Crippen molar-refractivity contribution in [2.24, 2.45) is 0 Å². The van der Waals surface area contributed by atoms with Crippen LogP contribution in [0.3, 0.4) is 0 Å². The van der Waals surface area contributed by atoms with E-state index in [4.69, 9.17) is 11.6 Å². The van der Waals surface area contributed by atoms with Crippen molar-refractivity contribution in [3.05, 3.63) is 52.9 Å². The summed E-state index contributed by atoms with van der Waals surface area (Å²) in [6.07, 6.45) is -3.68. The topological polar surface area (TPSA) is 34.0 Å². The lowest BCUT2D eigenvalue weighted by molar-refractivity contribution is -0.137. The van der Waals surface area contributed by atoms with Crippen molar-refractivity contribution in [2.75, 3.05) is 11.9 Å². The maximum absolute atomic E-state index is 12.7. The van der Waals surface area contributed by atoms with E-state index in [2.05, 4.69) is 14.5 Å². The molecule has 0 spiro atoms. The molecule has 8 heteroatoms. The number of alkyl halides is 3. The molecule has 0 aliphatic rings. The van der Waals surface area contributed by atoms with Crippen LogP contribution in [0.2, 0.25) is 5.02 Å². The third kappa shape index (κ3) is 3.42. The van der Waals surface area contributed by atoms with Crippen LogP contribution in [0.15, 0.2) is 36.5 Å². The number of fused-ring (bicyclic) bond motifs is 1. The summed E-state index contributed by atoms with van der Waals surface area (Å²) < 4.78 is 40.3. The summed E-state index contributed by atoms with van der Waals surface area (Å²) in [6, 6.07) is 8.66. The molecule has 0 amide bonds. The van der Waals surface area contributed by atoms with Gasteiger partial charge in [-0.1, -0.05) is 23.7 Å². The monoisotopic (exact) mass is 368 g/mol. The van der Waals surface area contributed by atoms with Gasteiger partial charge in [-0.05, 0) is 25.1 Å². The highest BCUT2D eigenvalue weighted by atomic mass is 35.5. The molecule has 1 aromatic carbocycles. The van der Waals surface area contributed by atoms with E-state index in [9.17, 15) is 13.2 Å². The van der Waals surface area contributed by atoms with Gasteiger partial charge in [0.2, 0.25) is 0 Å². The molecule has 0 atom stereocenters. The number of benzene rings is 1. The number of pyridine rings is 1. The van der Waals surface area contributed by atoms with Crippen LogP contribution in [0.25, 0.3) is 11.0 Å². The third-order valence-corrected chi connectivity index (χ3v) is 4.22. The highest BCUT2D eigenvalue weighted by Crippen LogP contribution is 2.33. The molecule has 0 fully saturated rings. The van der Waals surface area contributed by atoms with Gasteiger partial charge in [0.25, 0.3) is 0 Å². The van der Waals surface area contributed by atoms with Crippen molar-refractivity contribution in [3.8, 4) is 0 Å². The molecule has 2 heterocycles. The number of anilines is 1. The van der Waals surface area contributed by atoms with Crippen LogP contribution >= 0.6 is 11.6 Å². The van der Waals surface area contributed by atoms with E-state index >= 15 is 0 Å². The first-order valence-electron chi connectivity index (χ1n) is 7.69. The first-order chi connectivity index (χ1) is 11.8. The molecule has 4 nitrogen and oxygen atoms in total. The Hall–Kier alpha value is -2.28. The second-order valence-electron chi connectivity index (χ2n) is 5.64. The number of nitrogens with zero attached hydrogens (tertiary/aromatic N) is 4. The van der Waals surface area contributed by atoms with E-state index in [1.54, 1.807) is 11.9 Å². The number of hydrogen-bond donors (Lipinski definition) is 0. The fourth-order valence-corrected chi connectivity index (χ4v) is 3.06. The standard InChI is InChI=1S/C17H16ClF3N4/c1-3-25-14-7-5-4-6-13(14)23-15(25)10-24(2)16-12(18)8-11(9-22-16)17(19,20)21/h4-9H,3,10H2,1-2H3. The fourth-order valence-electron chi connectivity index (χ4n) is 2.75. The van der Waals surface area contributed by atoms with Crippen molar-refractivity contribution in [1.82, 2.24) is 14.5 Å². The summed E-state index contributed by atoms with van der Waals surface area (Å²) in [7, 11) is 1.72. The van der Waals surface area contributed by atoms with Crippen LogP contribution in [-0.4, -0.2) is 21.6 Å².